The molecule has 2 fully saturated rings. The van der Waals surface area contributed by atoms with Crippen LogP contribution in [0, 0.1) is 24.1 Å². The van der Waals surface area contributed by atoms with Crippen molar-refractivity contribution in [2.45, 2.75) is 19.4 Å². The zero-order valence-electron chi connectivity index (χ0n) is 16.0. The molecular formula is C20H22FN7O. The van der Waals surface area contributed by atoms with Gasteiger partial charge in [-0.15, -0.1) is 0 Å². The lowest BCUT2D eigenvalue weighted by atomic mass is 9.82. The lowest BCUT2D eigenvalue weighted by molar-refractivity contribution is 0.0587. The lowest BCUT2D eigenvalue weighted by Gasteiger charge is -2.53. The molecular weight excluding hydrogens is 373 g/mol. The highest BCUT2D eigenvalue weighted by molar-refractivity contribution is 6.14. The smallest absolute Gasteiger partial charge is 0.259 e. The number of anilines is 2. The maximum absolute atomic E-state index is 14.5. The standard InChI is InChI=1S/C20H22FN7O/c1-13-9-24-18(10-23-13)28-11-14-5-8-27(12-17(14)28)20(29)19-15(21)3-2-4-16(19)26-25-7-6-22/h2-4,6-7,9-10,14,17,22,26H,5,8,11-12H2,1H3/b22-6?,25-7-. The molecule has 2 unspecified atom stereocenters. The number of fused-ring (bicyclic) bond motifs is 1. The van der Waals surface area contributed by atoms with Gasteiger partial charge in [0.2, 0.25) is 0 Å². The van der Waals surface area contributed by atoms with Crippen LogP contribution in [0.15, 0.2) is 35.7 Å². The summed E-state index contributed by atoms with van der Waals surface area (Å²) in [6, 6.07) is 4.54. The fraction of sp³-hybridized carbons (Fsp3) is 0.350. The van der Waals surface area contributed by atoms with E-state index < -0.39 is 5.82 Å². The summed E-state index contributed by atoms with van der Waals surface area (Å²) in [6.07, 6.45) is 6.58. The van der Waals surface area contributed by atoms with Gasteiger partial charge >= 0.3 is 0 Å². The first kappa shape index (κ1) is 19.0. The monoisotopic (exact) mass is 395 g/mol. The van der Waals surface area contributed by atoms with E-state index in [4.69, 9.17) is 5.41 Å². The highest BCUT2D eigenvalue weighted by atomic mass is 19.1. The third kappa shape index (κ3) is 3.67. The van der Waals surface area contributed by atoms with Crippen molar-refractivity contribution in [3.63, 3.8) is 0 Å². The second-order valence-corrected chi connectivity index (χ2v) is 7.25. The van der Waals surface area contributed by atoms with Crippen LogP contribution in [0.1, 0.15) is 22.5 Å². The number of nitrogens with zero attached hydrogens (tertiary/aromatic N) is 5. The third-order valence-corrected chi connectivity index (χ3v) is 5.46. The molecule has 2 saturated heterocycles. The van der Waals surface area contributed by atoms with Crippen molar-refractivity contribution in [1.29, 1.82) is 5.41 Å². The van der Waals surface area contributed by atoms with Crippen LogP contribution in [-0.2, 0) is 0 Å². The minimum absolute atomic E-state index is 0.0333. The Kier molecular flexibility index (Phi) is 5.20. The van der Waals surface area contributed by atoms with Gasteiger partial charge in [-0.05, 0) is 25.5 Å². The summed E-state index contributed by atoms with van der Waals surface area (Å²) < 4.78 is 14.5. The summed E-state index contributed by atoms with van der Waals surface area (Å²) in [6.45, 7) is 3.89. The molecule has 29 heavy (non-hydrogen) atoms. The van der Waals surface area contributed by atoms with E-state index in [0.717, 1.165) is 30.7 Å². The molecule has 0 aliphatic carbocycles. The van der Waals surface area contributed by atoms with Gasteiger partial charge < -0.3 is 15.2 Å². The number of carbonyl (C=O) groups excluding carboxylic acids is 1. The fourth-order valence-electron chi connectivity index (χ4n) is 3.92. The number of hydrogen-bond acceptors (Lipinski definition) is 7. The van der Waals surface area contributed by atoms with Crippen LogP contribution in [0.3, 0.4) is 0 Å². The number of likely N-dealkylation sites (tertiary alicyclic amines) is 1. The molecule has 2 aliphatic rings. The predicted octanol–water partition coefficient (Wildman–Crippen LogP) is 2.32. The van der Waals surface area contributed by atoms with E-state index in [1.165, 1.54) is 18.3 Å². The first-order valence-corrected chi connectivity index (χ1v) is 9.49. The van der Waals surface area contributed by atoms with Crippen LogP contribution >= 0.6 is 0 Å². The third-order valence-electron chi connectivity index (χ3n) is 5.46. The Morgan fingerprint density at radius 3 is 2.97 bits per heavy atom. The summed E-state index contributed by atoms with van der Waals surface area (Å²) in [5, 5.41) is 10.8. The number of piperidine rings is 1. The summed E-state index contributed by atoms with van der Waals surface area (Å²) in [5.74, 6) is 0.343. The Balaban J connectivity index is 1.52. The van der Waals surface area contributed by atoms with Gasteiger partial charge in [0.05, 0.1) is 36.0 Å². The lowest BCUT2D eigenvalue weighted by Crippen LogP contribution is -2.65. The fourth-order valence-corrected chi connectivity index (χ4v) is 3.92. The van der Waals surface area contributed by atoms with E-state index in [9.17, 15) is 9.18 Å². The first-order valence-electron chi connectivity index (χ1n) is 9.49. The van der Waals surface area contributed by atoms with E-state index in [-0.39, 0.29) is 23.2 Å². The Labute approximate surface area is 168 Å². The molecule has 2 aromatic rings. The van der Waals surface area contributed by atoms with Crippen LogP contribution < -0.4 is 10.3 Å². The minimum atomic E-state index is -0.595. The number of nitrogens with one attached hydrogen (secondary N) is 2. The van der Waals surface area contributed by atoms with Gasteiger partial charge in [-0.3, -0.25) is 15.2 Å². The van der Waals surface area contributed by atoms with Crippen LogP contribution in [0.2, 0.25) is 0 Å². The van der Waals surface area contributed by atoms with E-state index >= 15 is 0 Å². The van der Waals surface area contributed by atoms with E-state index in [1.807, 2.05) is 6.92 Å². The van der Waals surface area contributed by atoms with Crippen LogP contribution in [0.4, 0.5) is 15.9 Å². The van der Waals surface area contributed by atoms with Crippen molar-refractivity contribution < 1.29 is 9.18 Å². The average Bonchev–Trinajstić information content (AvgIpc) is 2.70. The predicted molar refractivity (Wildman–Crippen MR) is 109 cm³/mol. The van der Waals surface area contributed by atoms with Gasteiger partial charge in [-0.2, -0.15) is 5.10 Å². The molecule has 0 radical (unpaired) electrons. The molecule has 1 aromatic carbocycles. The molecule has 4 rings (SSSR count). The first-order chi connectivity index (χ1) is 14.1. The number of halogens is 1. The van der Waals surface area contributed by atoms with Gasteiger partial charge in [0.15, 0.2) is 0 Å². The second-order valence-electron chi connectivity index (χ2n) is 7.25. The molecule has 2 N–H and O–H groups in total. The Bertz CT molecular complexity index is 946. The van der Waals surface area contributed by atoms with Crippen molar-refractivity contribution in [3.05, 3.63) is 47.7 Å². The van der Waals surface area contributed by atoms with Gasteiger partial charge in [0.25, 0.3) is 5.91 Å². The summed E-state index contributed by atoms with van der Waals surface area (Å²) in [7, 11) is 0. The molecule has 150 valence electrons. The topological polar surface area (TPSA) is 97.6 Å². The molecule has 2 aliphatic heterocycles. The van der Waals surface area contributed by atoms with Gasteiger partial charge in [0.1, 0.15) is 17.2 Å². The SMILES string of the molecule is Cc1cnc(N2CC3CCN(C(=O)c4c(F)cccc4N/N=C\C=N)CC32)cn1. The number of hydrazone groups is 1. The van der Waals surface area contributed by atoms with Gasteiger partial charge in [-0.1, -0.05) is 6.07 Å². The van der Waals surface area contributed by atoms with Gasteiger partial charge in [-0.25, -0.2) is 9.37 Å². The number of carbonyl (C=O) groups is 1. The van der Waals surface area contributed by atoms with Crippen molar-refractivity contribution in [2.24, 2.45) is 11.0 Å². The number of aryl methyl sites for hydroxylation is 1. The van der Waals surface area contributed by atoms with E-state index in [0.29, 0.717) is 19.0 Å². The average molecular weight is 395 g/mol. The maximum Gasteiger partial charge on any atom is 0.259 e. The molecule has 1 amide bonds. The molecule has 0 saturated carbocycles. The number of benzene rings is 1. The zero-order chi connectivity index (χ0) is 20.4. The number of hydrogen-bond donors (Lipinski definition) is 2. The molecule has 8 nitrogen and oxygen atoms in total. The van der Waals surface area contributed by atoms with Crippen molar-refractivity contribution in [2.75, 3.05) is 30.0 Å². The van der Waals surface area contributed by atoms with Crippen LogP contribution in [0.25, 0.3) is 0 Å². The summed E-state index contributed by atoms with van der Waals surface area (Å²) in [4.78, 5) is 25.7. The molecule has 3 heterocycles. The second kappa shape index (κ2) is 7.94. The zero-order valence-corrected chi connectivity index (χ0v) is 16.0. The number of amides is 1. The summed E-state index contributed by atoms with van der Waals surface area (Å²) in [5.41, 5.74) is 3.76. The minimum Gasteiger partial charge on any atom is -0.350 e. The number of aromatic nitrogens is 2. The number of rotatable bonds is 5. The van der Waals surface area contributed by atoms with Crippen molar-refractivity contribution in [3.8, 4) is 0 Å². The maximum atomic E-state index is 14.5. The molecule has 2 atom stereocenters. The highest BCUT2D eigenvalue weighted by Gasteiger charge is 2.44. The van der Waals surface area contributed by atoms with Crippen molar-refractivity contribution >= 4 is 29.8 Å². The largest absolute Gasteiger partial charge is 0.350 e. The normalized spacial score (nSPS) is 20.9. The van der Waals surface area contributed by atoms with Gasteiger partial charge in [0, 0.05) is 31.8 Å². The molecule has 0 spiro atoms. The summed E-state index contributed by atoms with van der Waals surface area (Å²) >= 11 is 0. The van der Waals surface area contributed by atoms with Crippen molar-refractivity contribution in [1.82, 2.24) is 14.9 Å². The van der Waals surface area contributed by atoms with Crippen LogP contribution in [-0.4, -0.2) is 58.9 Å². The Morgan fingerprint density at radius 1 is 1.34 bits per heavy atom. The molecule has 1 aromatic heterocycles. The highest BCUT2D eigenvalue weighted by Crippen LogP contribution is 2.36. The van der Waals surface area contributed by atoms with E-state index in [2.05, 4.69) is 25.4 Å². The molecule has 9 heteroatoms. The Morgan fingerprint density at radius 2 is 2.21 bits per heavy atom. The Hall–Kier alpha value is -3.36. The molecule has 0 bridgehead atoms. The van der Waals surface area contributed by atoms with Crippen LogP contribution in [0.5, 0.6) is 0 Å². The van der Waals surface area contributed by atoms with E-state index in [1.54, 1.807) is 23.4 Å². The quantitative estimate of drug-likeness (QED) is 0.598.